The molecule has 3 saturated carbocycles. The zero-order valence-electron chi connectivity index (χ0n) is 37.0. The number of halogens is 15. The highest BCUT2D eigenvalue weighted by Crippen LogP contribution is 2.52. The van der Waals surface area contributed by atoms with Crippen molar-refractivity contribution < 1.29 is 91.1 Å². The summed E-state index contributed by atoms with van der Waals surface area (Å²) in [5, 5.41) is 2.29. The van der Waals surface area contributed by atoms with Crippen LogP contribution in [0.4, 0.5) is 65.9 Å². The third-order valence-electron chi connectivity index (χ3n) is 13.1. The molecule has 0 saturated heterocycles. The van der Waals surface area contributed by atoms with Gasteiger partial charge in [0.15, 0.2) is 36.0 Å². The maximum absolute atomic E-state index is 14.2. The van der Waals surface area contributed by atoms with E-state index >= 15 is 0 Å². The van der Waals surface area contributed by atoms with Gasteiger partial charge in [0.05, 0.1) is 18.1 Å². The standard InChI is InChI=1S/3C14H10F5N3O2S/c3*15-6-1-2-8(16)7(3-6)10-4-9(17)12-20-13(21-22(10)12)25(23,24)11-5-14(11,18)19/h3*1-3,9-11H,4-5H2/t9-,10-,11?;9-,10-,11+;9-,10-,11-/m000/s1. The minimum atomic E-state index is -4.53. The van der Waals surface area contributed by atoms with Gasteiger partial charge >= 0.3 is 0 Å². The number of rotatable bonds is 9. The van der Waals surface area contributed by atoms with Crippen LogP contribution in [0.3, 0.4) is 0 Å². The lowest BCUT2D eigenvalue weighted by atomic mass is 10.0. The summed E-state index contributed by atoms with van der Waals surface area (Å²) in [6.07, 6.45) is -8.79. The minimum absolute atomic E-state index is 0.216. The zero-order chi connectivity index (χ0) is 54.4. The second-order valence-corrected chi connectivity index (χ2v) is 24.3. The lowest BCUT2D eigenvalue weighted by molar-refractivity contribution is 0.120. The van der Waals surface area contributed by atoms with Gasteiger partial charge in [-0.15, -0.1) is 15.3 Å². The summed E-state index contributed by atoms with van der Waals surface area (Å²) >= 11 is 0. The molecule has 6 aliphatic rings. The van der Waals surface area contributed by atoms with E-state index in [1.165, 1.54) is 0 Å². The third kappa shape index (κ3) is 9.11. The van der Waals surface area contributed by atoms with Crippen molar-refractivity contribution in [2.75, 3.05) is 0 Å². The average Bonchev–Trinajstić information content (AvgIpc) is 3.88. The zero-order valence-corrected chi connectivity index (χ0v) is 39.5. The molecule has 3 aromatic heterocycles. The Bertz CT molecular complexity index is 3300. The fraction of sp³-hybridized carbons (Fsp3) is 0.429. The van der Waals surface area contributed by atoms with Crippen LogP contribution in [-0.4, -0.2) is 103 Å². The molecule has 3 aromatic carbocycles. The molecule has 3 fully saturated rings. The summed E-state index contributed by atoms with van der Waals surface area (Å²) in [6.45, 7) is 0. The molecular formula is C42H30F15N9O6S3. The molecule has 0 spiro atoms. The smallest absolute Gasteiger partial charge is 0.239 e. The van der Waals surface area contributed by atoms with Crippen molar-refractivity contribution in [2.45, 2.75) is 124 Å². The SMILES string of the molecule is O=S(=O)(c1nc2n(n1)[C@H](c1cc(F)ccc1F)C[C@@H]2F)C1CC1(F)F.O=S(=O)(c1nc2n(n1)[C@H](c1cc(F)ccc1F)C[C@@H]2F)[C@@H]1CC1(F)F.O=S(=O)(c1nc2n(n1)[C@H](c1cc(F)ccc1F)C[C@@H]2F)[C@H]1CC1(F)F. The van der Waals surface area contributed by atoms with Crippen LogP contribution in [0.5, 0.6) is 0 Å². The molecule has 0 bridgehead atoms. The van der Waals surface area contributed by atoms with Crippen LogP contribution < -0.4 is 0 Å². The molecule has 6 heterocycles. The topological polar surface area (TPSA) is 195 Å². The normalized spacial score (nSPS) is 27.3. The van der Waals surface area contributed by atoms with E-state index < -0.39 is 187 Å². The molecular weight excluding hydrogens is 1110 g/mol. The van der Waals surface area contributed by atoms with Gasteiger partial charge in [-0.05, 0) is 54.6 Å². The lowest BCUT2D eigenvalue weighted by Crippen LogP contribution is -2.17. The monoisotopic (exact) mass is 1140 g/mol. The van der Waals surface area contributed by atoms with Gasteiger partial charge in [-0.3, -0.25) is 0 Å². The highest BCUT2D eigenvalue weighted by atomic mass is 32.2. The number of fused-ring (bicyclic) bond motifs is 3. The third-order valence-corrected chi connectivity index (χ3v) is 18.9. The molecule has 15 nitrogen and oxygen atoms in total. The molecule has 0 amide bonds. The quantitative estimate of drug-likeness (QED) is 0.126. The van der Waals surface area contributed by atoms with Gasteiger partial charge in [0.25, 0.3) is 33.2 Å². The van der Waals surface area contributed by atoms with Gasteiger partial charge in [-0.1, -0.05) is 0 Å². The van der Waals surface area contributed by atoms with Gasteiger partial charge in [0, 0.05) is 55.2 Å². The predicted molar refractivity (Wildman–Crippen MR) is 221 cm³/mol. The van der Waals surface area contributed by atoms with E-state index in [-0.39, 0.29) is 36.0 Å². The number of sulfone groups is 3. The van der Waals surface area contributed by atoms with Crippen molar-refractivity contribution in [1.82, 2.24) is 44.3 Å². The number of benzene rings is 3. The number of alkyl halides is 9. The van der Waals surface area contributed by atoms with Crippen LogP contribution in [0, 0.1) is 34.9 Å². The molecule has 3 aliphatic heterocycles. The molecule has 12 rings (SSSR count). The highest BCUT2D eigenvalue weighted by molar-refractivity contribution is 7.92. The molecule has 75 heavy (non-hydrogen) atoms. The highest BCUT2D eigenvalue weighted by Gasteiger charge is 2.68. The largest absolute Gasteiger partial charge is 0.267 e. The van der Waals surface area contributed by atoms with E-state index in [1.807, 2.05) is 0 Å². The summed E-state index contributed by atoms with van der Waals surface area (Å²) in [4.78, 5) is 10.6. The van der Waals surface area contributed by atoms with Crippen LogP contribution >= 0.6 is 0 Å². The van der Waals surface area contributed by atoms with E-state index in [2.05, 4.69) is 30.2 Å². The molecule has 0 N–H and O–H groups in total. The molecule has 402 valence electrons. The Morgan fingerprint density at radius 3 is 0.853 bits per heavy atom. The van der Waals surface area contributed by atoms with Crippen molar-refractivity contribution in [2.24, 2.45) is 0 Å². The maximum atomic E-state index is 14.2. The number of aromatic nitrogens is 9. The van der Waals surface area contributed by atoms with Gasteiger partial charge < -0.3 is 0 Å². The summed E-state index contributed by atoms with van der Waals surface area (Å²) in [5.41, 5.74) is -0.647. The first kappa shape index (κ1) is 52.3. The first-order chi connectivity index (χ1) is 34.8. The first-order valence-corrected chi connectivity index (χ1v) is 26.5. The van der Waals surface area contributed by atoms with E-state index in [9.17, 15) is 91.1 Å². The minimum Gasteiger partial charge on any atom is -0.239 e. The summed E-state index contributed by atoms with van der Waals surface area (Å²) in [6, 6.07) is 4.44. The summed E-state index contributed by atoms with van der Waals surface area (Å²) in [7, 11) is -13.6. The van der Waals surface area contributed by atoms with Gasteiger partial charge in [-0.25, -0.2) is 105 Å². The van der Waals surface area contributed by atoms with Crippen LogP contribution in [0.25, 0.3) is 0 Å². The van der Waals surface area contributed by atoms with Crippen molar-refractivity contribution >= 4 is 29.5 Å². The Kier molecular flexibility index (Phi) is 12.2. The molecule has 33 heteroatoms. The van der Waals surface area contributed by atoms with E-state index in [4.69, 9.17) is 0 Å². The van der Waals surface area contributed by atoms with Crippen LogP contribution in [0.15, 0.2) is 70.1 Å². The first-order valence-electron chi connectivity index (χ1n) is 21.8. The molecule has 0 radical (unpaired) electrons. The van der Waals surface area contributed by atoms with E-state index in [0.717, 1.165) is 68.6 Å². The fourth-order valence-electron chi connectivity index (χ4n) is 8.88. The van der Waals surface area contributed by atoms with Crippen molar-refractivity contribution in [3.8, 4) is 0 Å². The van der Waals surface area contributed by atoms with E-state index in [0.29, 0.717) is 0 Å². The number of nitrogens with zero attached hydrogens (tertiary/aromatic N) is 9. The van der Waals surface area contributed by atoms with Crippen LogP contribution in [0.2, 0.25) is 0 Å². The second kappa shape index (κ2) is 17.5. The van der Waals surface area contributed by atoms with Crippen LogP contribution in [0.1, 0.15) is 109 Å². The van der Waals surface area contributed by atoms with Crippen molar-refractivity contribution in [3.05, 3.63) is 124 Å². The van der Waals surface area contributed by atoms with Gasteiger partial charge in [0.2, 0.25) is 29.5 Å². The van der Waals surface area contributed by atoms with E-state index in [1.54, 1.807) is 0 Å². The second-order valence-electron chi connectivity index (χ2n) is 18.2. The predicted octanol–water partition coefficient (Wildman–Crippen LogP) is 8.22. The maximum Gasteiger partial charge on any atom is 0.267 e. The Morgan fingerprint density at radius 1 is 0.413 bits per heavy atom. The Labute approximate surface area is 411 Å². The Balaban J connectivity index is 0.000000128. The van der Waals surface area contributed by atoms with Gasteiger partial charge in [0.1, 0.15) is 50.7 Å². The van der Waals surface area contributed by atoms with Crippen molar-refractivity contribution in [3.63, 3.8) is 0 Å². The molecule has 6 aromatic rings. The Hall–Kier alpha value is -6.12. The number of hydrogen-bond acceptors (Lipinski definition) is 12. The lowest BCUT2D eigenvalue weighted by Gasteiger charge is -2.12. The van der Waals surface area contributed by atoms with Gasteiger partial charge in [-0.2, -0.15) is 15.0 Å². The average molecular weight is 1140 g/mol. The van der Waals surface area contributed by atoms with Crippen LogP contribution in [-0.2, 0) is 29.5 Å². The summed E-state index contributed by atoms with van der Waals surface area (Å²) in [5.74, 6) is -16.0. The summed E-state index contributed by atoms with van der Waals surface area (Å²) < 4.78 is 278. The number of hydrogen-bond donors (Lipinski definition) is 0. The van der Waals surface area contributed by atoms with Crippen molar-refractivity contribution in [1.29, 1.82) is 0 Å². The molecule has 3 aliphatic carbocycles. The molecule has 9 atom stereocenters. The fourth-order valence-corrected chi connectivity index (χ4v) is 13.6. The Morgan fingerprint density at radius 2 is 0.640 bits per heavy atom. The molecule has 1 unspecified atom stereocenters.